The maximum Gasteiger partial charge on any atom is 0.181 e. The van der Waals surface area contributed by atoms with Gasteiger partial charge in [0, 0.05) is 32.2 Å². The zero-order valence-corrected chi connectivity index (χ0v) is 11.5. The van der Waals surface area contributed by atoms with Crippen LogP contribution in [0.5, 0.6) is 5.75 Å². The summed E-state index contributed by atoms with van der Waals surface area (Å²) in [6.07, 6.45) is 2.45. The summed E-state index contributed by atoms with van der Waals surface area (Å²) in [6.45, 7) is 2.91. The number of rotatable bonds is 6. The van der Waals surface area contributed by atoms with Gasteiger partial charge in [-0.3, -0.25) is 0 Å². The van der Waals surface area contributed by atoms with Crippen LogP contribution in [0.15, 0.2) is 29.0 Å². The van der Waals surface area contributed by atoms with Gasteiger partial charge in [0.25, 0.3) is 0 Å². The number of ether oxygens (including phenoxy) is 2. The van der Waals surface area contributed by atoms with Gasteiger partial charge in [-0.25, -0.2) is 4.98 Å². The highest BCUT2D eigenvalue weighted by molar-refractivity contribution is 5.63. The second-order valence-corrected chi connectivity index (χ2v) is 4.72. The summed E-state index contributed by atoms with van der Waals surface area (Å²) in [6, 6.07) is 6.15. The molecule has 1 N–H and O–H groups in total. The van der Waals surface area contributed by atoms with E-state index in [0.29, 0.717) is 13.2 Å². The molecule has 0 radical (unpaired) electrons. The van der Waals surface area contributed by atoms with Crippen LogP contribution in [0, 0.1) is 0 Å². The first-order valence-electron chi connectivity index (χ1n) is 6.76. The molecule has 0 atom stereocenters. The first-order chi connectivity index (χ1) is 9.88. The van der Waals surface area contributed by atoms with Gasteiger partial charge in [0.2, 0.25) is 0 Å². The maximum absolute atomic E-state index is 5.54. The minimum atomic E-state index is 0.669. The average Bonchev–Trinajstić information content (AvgIpc) is 3.11. The Labute approximate surface area is 117 Å². The number of oxazole rings is 1. The minimum Gasteiger partial charge on any atom is -0.493 e. The molecule has 0 aliphatic carbocycles. The zero-order valence-electron chi connectivity index (χ0n) is 11.5. The van der Waals surface area contributed by atoms with Crippen LogP contribution in [-0.2, 0) is 17.7 Å². The van der Waals surface area contributed by atoms with E-state index >= 15 is 0 Å². The van der Waals surface area contributed by atoms with Crippen molar-refractivity contribution >= 4 is 0 Å². The van der Waals surface area contributed by atoms with Gasteiger partial charge in [-0.1, -0.05) is 0 Å². The number of nitrogens with one attached hydrogen (secondary N) is 1. The Bertz CT molecular complexity index is 580. The van der Waals surface area contributed by atoms with Crippen molar-refractivity contribution in [3.63, 3.8) is 0 Å². The number of benzene rings is 1. The summed E-state index contributed by atoms with van der Waals surface area (Å²) in [5.74, 6) is 1.80. The maximum atomic E-state index is 5.54. The molecule has 106 valence electrons. The first-order valence-corrected chi connectivity index (χ1v) is 6.76. The van der Waals surface area contributed by atoms with E-state index < -0.39 is 0 Å². The van der Waals surface area contributed by atoms with Crippen molar-refractivity contribution in [3.8, 4) is 17.1 Å². The molecular weight excluding hydrogens is 256 g/mol. The molecule has 0 saturated heterocycles. The van der Waals surface area contributed by atoms with Crippen LogP contribution in [-0.4, -0.2) is 31.9 Å². The Balaban J connectivity index is 1.75. The van der Waals surface area contributed by atoms with Crippen LogP contribution in [0.4, 0.5) is 0 Å². The summed E-state index contributed by atoms with van der Waals surface area (Å²) in [5.41, 5.74) is 3.20. The van der Waals surface area contributed by atoms with Crippen molar-refractivity contribution in [2.75, 3.05) is 26.9 Å². The lowest BCUT2D eigenvalue weighted by Gasteiger charge is -2.05. The third-order valence-corrected chi connectivity index (χ3v) is 3.37. The predicted octanol–water partition coefficient (Wildman–Crippen LogP) is 2.01. The molecule has 0 spiro atoms. The molecule has 2 heterocycles. The largest absolute Gasteiger partial charge is 0.493 e. The van der Waals surface area contributed by atoms with Crippen molar-refractivity contribution < 1.29 is 13.9 Å². The molecule has 1 aliphatic rings. The third kappa shape index (κ3) is 2.69. The SMILES string of the molecule is COCCNCc1ncoc1-c1ccc2c(c1)CCO2. The van der Waals surface area contributed by atoms with Gasteiger partial charge >= 0.3 is 0 Å². The van der Waals surface area contributed by atoms with Gasteiger partial charge in [-0.15, -0.1) is 0 Å². The topological polar surface area (TPSA) is 56.5 Å². The Morgan fingerprint density at radius 3 is 3.25 bits per heavy atom. The number of aromatic nitrogens is 1. The fourth-order valence-electron chi connectivity index (χ4n) is 2.34. The predicted molar refractivity (Wildman–Crippen MR) is 74.7 cm³/mol. The van der Waals surface area contributed by atoms with Gasteiger partial charge in [0.05, 0.1) is 13.2 Å². The second-order valence-electron chi connectivity index (χ2n) is 4.72. The molecule has 0 amide bonds. The van der Waals surface area contributed by atoms with E-state index in [9.17, 15) is 0 Å². The van der Waals surface area contributed by atoms with Crippen LogP contribution in [0.2, 0.25) is 0 Å². The summed E-state index contributed by atoms with van der Waals surface area (Å²) < 4.78 is 16.1. The molecule has 2 aromatic rings. The Kier molecular flexibility index (Phi) is 3.99. The van der Waals surface area contributed by atoms with Crippen LogP contribution < -0.4 is 10.1 Å². The van der Waals surface area contributed by atoms with E-state index in [1.807, 2.05) is 12.1 Å². The fraction of sp³-hybridized carbons (Fsp3) is 0.400. The van der Waals surface area contributed by atoms with Crippen LogP contribution in [0.25, 0.3) is 11.3 Å². The molecule has 0 fully saturated rings. The number of hydrogen-bond donors (Lipinski definition) is 1. The molecule has 5 heteroatoms. The highest BCUT2D eigenvalue weighted by Crippen LogP contribution is 2.31. The normalized spacial score (nSPS) is 13.2. The molecule has 1 aromatic carbocycles. The lowest BCUT2D eigenvalue weighted by molar-refractivity contribution is 0.199. The lowest BCUT2D eigenvalue weighted by atomic mass is 10.1. The van der Waals surface area contributed by atoms with E-state index in [2.05, 4.69) is 16.4 Å². The van der Waals surface area contributed by atoms with E-state index in [-0.39, 0.29) is 0 Å². The van der Waals surface area contributed by atoms with Crippen LogP contribution >= 0.6 is 0 Å². The van der Waals surface area contributed by atoms with E-state index in [0.717, 1.165) is 42.3 Å². The smallest absolute Gasteiger partial charge is 0.181 e. The third-order valence-electron chi connectivity index (χ3n) is 3.37. The molecule has 3 rings (SSSR count). The van der Waals surface area contributed by atoms with E-state index in [4.69, 9.17) is 13.9 Å². The second kappa shape index (κ2) is 6.07. The number of fused-ring (bicyclic) bond motifs is 1. The van der Waals surface area contributed by atoms with E-state index in [1.165, 1.54) is 12.0 Å². The molecule has 0 unspecified atom stereocenters. The summed E-state index contributed by atoms with van der Waals surface area (Å²) >= 11 is 0. The van der Waals surface area contributed by atoms with Gasteiger partial charge in [0.1, 0.15) is 11.4 Å². The van der Waals surface area contributed by atoms with Crippen molar-refractivity contribution in [3.05, 3.63) is 35.9 Å². The number of hydrogen-bond acceptors (Lipinski definition) is 5. The standard InChI is InChI=1S/C15H18N2O3/c1-18-7-5-16-9-13-15(20-10-17-13)12-2-3-14-11(8-12)4-6-19-14/h2-3,8,10,16H,4-7,9H2,1H3. The Hall–Kier alpha value is -1.85. The summed E-state index contributed by atoms with van der Waals surface area (Å²) in [5, 5.41) is 3.28. The summed E-state index contributed by atoms with van der Waals surface area (Å²) in [7, 11) is 1.69. The Morgan fingerprint density at radius 2 is 2.35 bits per heavy atom. The van der Waals surface area contributed by atoms with Gasteiger partial charge in [-0.05, 0) is 23.8 Å². The highest BCUT2D eigenvalue weighted by atomic mass is 16.5. The van der Waals surface area contributed by atoms with E-state index in [1.54, 1.807) is 7.11 Å². The van der Waals surface area contributed by atoms with Gasteiger partial charge in [0.15, 0.2) is 12.2 Å². The van der Waals surface area contributed by atoms with Crippen molar-refractivity contribution in [2.24, 2.45) is 0 Å². The minimum absolute atomic E-state index is 0.669. The van der Waals surface area contributed by atoms with Crippen molar-refractivity contribution in [1.82, 2.24) is 10.3 Å². The molecule has 1 aliphatic heterocycles. The molecule has 20 heavy (non-hydrogen) atoms. The molecule has 1 aromatic heterocycles. The molecule has 5 nitrogen and oxygen atoms in total. The van der Waals surface area contributed by atoms with Crippen molar-refractivity contribution in [1.29, 1.82) is 0 Å². The molecular formula is C15H18N2O3. The quantitative estimate of drug-likeness (QED) is 0.817. The first kappa shape index (κ1) is 13.1. The Morgan fingerprint density at radius 1 is 1.40 bits per heavy atom. The van der Waals surface area contributed by atoms with Gasteiger partial charge in [-0.2, -0.15) is 0 Å². The van der Waals surface area contributed by atoms with Crippen LogP contribution in [0.3, 0.4) is 0 Å². The fourth-order valence-corrected chi connectivity index (χ4v) is 2.34. The number of methoxy groups -OCH3 is 1. The lowest BCUT2D eigenvalue weighted by Crippen LogP contribution is -2.19. The monoisotopic (exact) mass is 274 g/mol. The average molecular weight is 274 g/mol. The zero-order chi connectivity index (χ0) is 13.8. The van der Waals surface area contributed by atoms with Crippen LogP contribution in [0.1, 0.15) is 11.3 Å². The van der Waals surface area contributed by atoms with Gasteiger partial charge < -0.3 is 19.2 Å². The molecule has 0 saturated carbocycles. The van der Waals surface area contributed by atoms with Crippen molar-refractivity contribution in [2.45, 2.75) is 13.0 Å². The molecule has 0 bridgehead atoms. The number of nitrogens with zero attached hydrogens (tertiary/aromatic N) is 1. The highest BCUT2D eigenvalue weighted by Gasteiger charge is 2.16. The summed E-state index contributed by atoms with van der Waals surface area (Å²) in [4.78, 5) is 4.28.